The number of carboxylic acid groups (broad SMARTS) is 1. The van der Waals surface area contributed by atoms with Gasteiger partial charge in [0.1, 0.15) is 32.4 Å². The molecule has 0 spiro atoms. The third-order valence-electron chi connectivity index (χ3n) is 5.64. The van der Waals surface area contributed by atoms with Crippen LogP contribution in [0.15, 0.2) is 96.0 Å². The summed E-state index contributed by atoms with van der Waals surface area (Å²) in [6.07, 6.45) is -4.83. The number of aliphatic carboxylic acids is 1. The Bertz CT molecular complexity index is 1350. The molecular weight excluding hydrogens is 582 g/mol. The van der Waals surface area contributed by atoms with Gasteiger partial charge in [-0.1, -0.05) is 91.0 Å². The fourth-order valence-electron chi connectivity index (χ4n) is 3.49. The molecule has 3 amide bonds. The first-order valence-electron chi connectivity index (χ1n) is 13.2. The van der Waals surface area contributed by atoms with E-state index in [1.807, 2.05) is 5.32 Å². The van der Waals surface area contributed by atoms with Gasteiger partial charge < -0.3 is 24.6 Å². The number of carboxylic acids is 1. The number of nitrogens with one attached hydrogen (secondary N) is 3. The SMILES string of the molecule is O=C(NC(=NCC(F)(F)C[C@H](NC(=O)OCc1ccccc1)C(=O)O)NC(=O)OCc1ccccc1)OCc1ccccc1. The van der Waals surface area contributed by atoms with Gasteiger partial charge in [0.2, 0.25) is 5.96 Å². The number of hydrogen-bond acceptors (Lipinski definition) is 8. The van der Waals surface area contributed by atoms with Crippen LogP contribution in [0.25, 0.3) is 0 Å². The Hall–Kier alpha value is -5.53. The van der Waals surface area contributed by atoms with E-state index in [0.29, 0.717) is 16.7 Å². The molecule has 44 heavy (non-hydrogen) atoms. The lowest BCUT2D eigenvalue weighted by atomic mass is 10.1. The number of nitrogens with zero attached hydrogens (tertiary/aromatic N) is 1. The molecule has 232 valence electrons. The van der Waals surface area contributed by atoms with E-state index in [2.05, 4.69) is 15.6 Å². The molecule has 0 radical (unpaired) electrons. The maximum absolute atomic E-state index is 14.9. The van der Waals surface area contributed by atoms with E-state index in [1.165, 1.54) is 0 Å². The number of rotatable bonds is 12. The zero-order valence-electron chi connectivity index (χ0n) is 23.3. The van der Waals surface area contributed by atoms with Crippen LogP contribution in [-0.4, -0.2) is 53.8 Å². The van der Waals surface area contributed by atoms with Crippen LogP contribution in [-0.2, 0) is 38.8 Å². The summed E-state index contributed by atoms with van der Waals surface area (Å²) >= 11 is 0. The maximum atomic E-state index is 14.9. The first-order chi connectivity index (χ1) is 21.1. The molecule has 3 aromatic rings. The molecule has 0 aliphatic heterocycles. The molecule has 0 bridgehead atoms. The summed E-state index contributed by atoms with van der Waals surface area (Å²) in [5, 5.41) is 15.4. The fourth-order valence-corrected chi connectivity index (χ4v) is 3.49. The number of carbonyl (C=O) groups excluding carboxylic acids is 3. The molecule has 0 heterocycles. The van der Waals surface area contributed by atoms with E-state index in [-0.39, 0.29) is 19.8 Å². The molecule has 0 fully saturated rings. The Labute approximate surface area is 251 Å². The van der Waals surface area contributed by atoms with Gasteiger partial charge in [0, 0.05) is 6.42 Å². The molecule has 3 rings (SSSR count). The van der Waals surface area contributed by atoms with Gasteiger partial charge in [0.25, 0.3) is 5.92 Å². The van der Waals surface area contributed by atoms with Gasteiger partial charge in [-0.05, 0) is 16.7 Å². The molecule has 1 atom stereocenters. The molecule has 0 aromatic heterocycles. The Morgan fingerprint density at radius 3 is 1.45 bits per heavy atom. The van der Waals surface area contributed by atoms with E-state index in [4.69, 9.17) is 14.2 Å². The van der Waals surface area contributed by atoms with Gasteiger partial charge in [0.15, 0.2) is 0 Å². The monoisotopic (exact) mass is 612 g/mol. The molecule has 0 saturated heterocycles. The van der Waals surface area contributed by atoms with E-state index in [9.17, 15) is 33.1 Å². The lowest BCUT2D eigenvalue weighted by Crippen LogP contribution is -2.47. The van der Waals surface area contributed by atoms with Crippen LogP contribution in [0.1, 0.15) is 23.1 Å². The number of benzene rings is 3. The highest BCUT2D eigenvalue weighted by atomic mass is 19.3. The minimum Gasteiger partial charge on any atom is -0.480 e. The van der Waals surface area contributed by atoms with Crippen molar-refractivity contribution >= 4 is 30.2 Å². The van der Waals surface area contributed by atoms with Crippen LogP contribution in [0.5, 0.6) is 0 Å². The van der Waals surface area contributed by atoms with Crippen molar-refractivity contribution < 1.29 is 47.3 Å². The van der Waals surface area contributed by atoms with Crippen molar-refractivity contribution in [2.45, 2.75) is 38.2 Å². The zero-order chi connectivity index (χ0) is 31.8. The molecule has 14 heteroatoms. The minimum absolute atomic E-state index is 0.166. The van der Waals surface area contributed by atoms with Crippen molar-refractivity contribution in [2.75, 3.05) is 6.54 Å². The van der Waals surface area contributed by atoms with Crippen molar-refractivity contribution in [3.8, 4) is 0 Å². The van der Waals surface area contributed by atoms with Crippen LogP contribution in [0, 0.1) is 0 Å². The third kappa shape index (κ3) is 12.5. The number of halogens is 2. The predicted octanol–water partition coefficient (Wildman–Crippen LogP) is 4.60. The van der Waals surface area contributed by atoms with Gasteiger partial charge in [-0.2, -0.15) is 0 Å². The summed E-state index contributed by atoms with van der Waals surface area (Å²) in [5.41, 5.74) is 1.88. The third-order valence-corrected chi connectivity index (χ3v) is 5.64. The number of aliphatic imine (C=N–C) groups is 1. The largest absolute Gasteiger partial charge is 0.480 e. The van der Waals surface area contributed by atoms with Gasteiger partial charge in [-0.15, -0.1) is 0 Å². The van der Waals surface area contributed by atoms with Crippen LogP contribution >= 0.6 is 0 Å². The number of amides is 3. The molecule has 12 nitrogen and oxygen atoms in total. The Kier molecular flexibility index (Phi) is 12.6. The zero-order valence-corrected chi connectivity index (χ0v) is 23.3. The summed E-state index contributed by atoms with van der Waals surface area (Å²) in [6, 6.07) is 23.6. The number of hydrogen-bond donors (Lipinski definition) is 4. The van der Waals surface area contributed by atoms with E-state index >= 15 is 0 Å². The molecule has 0 aliphatic rings. The second kappa shape index (κ2) is 16.8. The van der Waals surface area contributed by atoms with Crippen molar-refractivity contribution in [2.24, 2.45) is 4.99 Å². The summed E-state index contributed by atoms with van der Waals surface area (Å²) in [4.78, 5) is 51.9. The molecule has 3 aromatic carbocycles. The summed E-state index contributed by atoms with van der Waals surface area (Å²) in [5.74, 6) is -6.30. The Morgan fingerprint density at radius 2 is 1.07 bits per heavy atom. The highest BCUT2D eigenvalue weighted by molar-refractivity contribution is 6.01. The van der Waals surface area contributed by atoms with Crippen molar-refractivity contribution in [1.29, 1.82) is 0 Å². The average molecular weight is 613 g/mol. The van der Waals surface area contributed by atoms with Gasteiger partial charge in [-0.25, -0.2) is 33.0 Å². The smallest absolute Gasteiger partial charge is 0.414 e. The molecular formula is C30H30F2N4O8. The van der Waals surface area contributed by atoms with Crippen LogP contribution in [0.4, 0.5) is 23.2 Å². The highest BCUT2D eigenvalue weighted by Crippen LogP contribution is 2.21. The van der Waals surface area contributed by atoms with E-state index in [0.717, 1.165) is 0 Å². The quantitative estimate of drug-likeness (QED) is 0.131. The number of alkyl halides is 2. The van der Waals surface area contributed by atoms with Gasteiger partial charge >= 0.3 is 24.2 Å². The summed E-state index contributed by atoms with van der Waals surface area (Å²) in [7, 11) is 0. The topological polar surface area (TPSA) is 165 Å². The lowest BCUT2D eigenvalue weighted by molar-refractivity contribution is -0.142. The number of ether oxygens (including phenoxy) is 3. The van der Waals surface area contributed by atoms with Crippen LogP contribution in [0.3, 0.4) is 0 Å². The van der Waals surface area contributed by atoms with Gasteiger partial charge in [-0.3, -0.25) is 10.6 Å². The minimum atomic E-state index is -3.83. The lowest BCUT2D eigenvalue weighted by Gasteiger charge is -2.20. The molecule has 4 N–H and O–H groups in total. The number of guanidine groups is 1. The average Bonchev–Trinajstić information content (AvgIpc) is 3.02. The molecule has 0 saturated carbocycles. The van der Waals surface area contributed by atoms with Crippen molar-refractivity contribution in [3.05, 3.63) is 108 Å². The predicted molar refractivity (Wildman–Crippen MR) is 153 cm³/mol. The Balaban J connectivity index is 1.62. The van der Waals surface area contributed by atoms with Crippen LogP contribution < -0.4 is 16.0 Å². The second-order valence-electron chi connectivity index (χ2n) is 9.20. The number of carbonyl (C=O) groups is 4. The van der Waals surface area contributed by atoms with Crippen molar-refractivity contribution in [3.63, 3.8) is 0 Å². The van der Waals surface area contributed by atoms with E-state index in [1.54, 1.807) is 91.0 Å². The maximum Gasteiger partial charge on any atom is 0.414 e. The normalized spacial score (nSPS) is 11.3. The van der Waals surface area contributed by atoms with Crippen molar-refractivity contribution in [1.82, 2.24) is 16.0 Å². The van der Waals surface area contributed by atoms with Crippen LogP contribution in [0.2, 0.25) is 0 Å². The summed E-state index contributed by atoms with van der Waals surface area (Å²) in [6.45, 7) is -1.92. The first kappa shape index (κ1) is 33.0. The Morgan fingerprint density at radius 1 is 0.682 bits per heavy atom. The second-order valence-corrected chi connectivity index (χ2v) is 9.20. The summed E-state index contributed by atoms with van der Waals surface area (Å²) < 4.78 is 44.7. The van der Waals surface area contributed by atoms with Gasteiger partial charge in [0.05, 0.1) is 0 Å². The van der Waals surface area contributed by atoms with E-state index < -0.39 is 55.1 Å². The first-order valence-corrected chi connectivity index (χ1v) is 13.2. The molecule has 0 unspecified atom stereocenters. The standard InChI is InChI=1S/C30H30F2N4O8/c31-30(32,16-24(25(37)38)34-27(39)42-17-21-10-4-1-5-11-21)20-33-26(35-28(40)43-18-22-12-6-2-7-13-22)36-29(41)44-19-23-14-8-3-9-15-23/h1-15,24H,16-20H2,(H,34,39)(H,37,38)(H2,33,35,36,40,41)/t24-/m0/s1. The fraction of sp³-hybridized carbons (Fsp3) is 0.233. The number of alkyl carbamates (subject to hydrolysis) is 3. The molecule has 0 aliphatic carbocycles. The highest BCUT2D eigenvalue weighted by Gasteiger charge is 2.37.